The Balaban J connectivity index is 1.29. The van der Waals surface area contributed by atoms with Crippen LogP contribution in [0, 0.1) is 11.2 Å². The molecular formula is C28H34ClFN2O3S. The number of hydrogen-bond donors (Lipinski definition) is 2. The molecule has 1 aliphatic rings. The molecule has 1 aliphatic heterocycles. The van der Waals surface area contributed by atoms with Gasteiger partial charge in [-0.05, 0) is 105 Å². The van der Waals surface area contributed by atoms with Gasteiger partial charge in [0.25, 0.3) is 0 Å². The van der Waals surface area contributed by atoms with E-state index in [1.54, 1.807) is 25.1 Å². The van der Waals surface area contributed by atoms with Crippen LogP contribution >= 0.6 is 23.4 Å². The zero-order valence-electron chi connectivity index (χ0n) is 20.6. The third-order valence-electron chi connectivity index (χ3n) is 7.30. The number of fused-ring (bicyclic) bond motifs is 1. The van der Waals surface area contributed by atoms with Crippen LogP contribution in [0.4, 0.5) is 4.39 Å². The predicted octanol–water partition coefficient (Wildman–Crippen LogP) is 6.11. The van der Waals surface area contributed by atoms with Crippen LogP contribution in [-0.4, -0.2) is 59.2 Å². The van der Waals surface area contributed by atoms with Gasteiger partial charge in [0.1, 0.15) is 11.6 Å². The average molecular weight is 533 g/mol. The largest absolute Gasteiger partial charge is 0.497 e. The minimum Gasteiger partial charge on any atom is -0.497 e. The highest BCUT2D eigenvalue weighted by Crippen LogP contribution is 2.40. The first-order valence-electron chi connectivity index (χ1n) is 12.4. The van der Waals surface area contributed by atoms with Gasteiger partial charge in [0.15, 0.2) is 0 Å². The summed E-state index contributed by atoms with van der Waals surface area (Å²) in [5.74, 6) is 1.48. The van der Waals surface area contributed by atoms with Crippen LogP contribution in [0.1, 0.15) is 43.8 Å². The molecule has 0 aliphatic carbocycles. The second-order valence-corrected chi connectivity index (χ2v) is 11.2. The van der Waals surface area contributed by atoms with Crippen LogP contribution in [0.5, 0.6) is 5.75 Å². The first-order valence-corrected chi connectivity index (χ1v) is 13.8. The molecule has 0 radical (unpaired) electrons. The fourth-order valence-electron chi connectivity index (χ4n) is 4.97. The van der Waals surface area contributed by atoms with Crippen molar-refractivity contribution in [2.75, 3.05) is 39.1 Å². The molecule has 1 aromatic heterocycles. The molecule has 2 heterocycles. The molecule has 1 saturated heterocycles. The number of methoxy groups -OCH3 is 1. The first-order chi connectivity index (χ1) is 17.4. The molecule has 1 atom stereocenters. The molecule has 36 heavy (non-hydrogen) atoms. The molecule has 0 bridgehead atoms. The van der Waals surface area contributed by atoms with Gasteiger partial charge < -0.3 is 19.8 Å². The van der Waals surface area contributed by atoms with Gasteiger partial charge in [-0.15, -0.1) is 11.8 Å². The van der Waals surface area contributed by atoms with Crippen molar-refractivity contribution in [2.45, 2.75) is 43.1 Å². The average Bonchev–Trinajstić information content (AvgIpc) is 2.91. The molecule has 1 fully saturated rings. The van der Waals surface area contributed by atoms with Crippen molar-refractivity contribution >= 4 is 34.3 Å². The Kier molecular flexibility index (Phi) is 9.47. The second-order valence-electron chi connectivity index (χ2n) is 9.61. The van der Waals surface area contributed by atoms with Crippen molar-refractivity contribution in [2.24, 2.45) is 5.41 Å². The summed E-state index contributed by atoms with van der Waals surface area (Å²) in [4.78, 5) is 7.92. The van der Waals surface area contributed by atoms with Gasteiger partial charge in [-0.1, -0.05) is 11.6 Å². The monoisotopic (exact) mass is 532 g/mol. The van der Waals surface area contributed by atoms with Crippen LogP contribution in [0.2, 0.25) is 5.02 Å². The third-order valence-corrected chi connectivity index (χ3v) is 8.70. The van der Waals surface area contributed by atoms with Gasteiger partial charge in [-0.3, -0.25) is 4.98 Å². The summed E-state index contributed by atoms with van der Waals surface area (Å²) < 4.78 is 18.4. The highest BCUT2D eigenvalue weighted by Gasteiger charge is 2.34. The van der Waals surface area contributed by atoms with Gasteiger partial charge >= 0.3 is 0 Å². The fraction of sp³-hybridized carbons (Fsp3) is 0.464. The Labute approximate surface area is 221 Å². The summed E-state index contributed by atoms with van der Waals surface area (Å²) in [6, 6.07) is 12.2. The van der Waals surface area contributed by atoms with Gasteiger partial charge in [-0.2, -0.15) is 0 Å². The van der Waals surface area contributed by atoms with E-state index in [9.17, 15) is 14.6 Å². The molecule has 0 amide bonds. The maximum atomic E-state index is 13.0. The predicted molar refractivity (Wildman–Crippen MR) is 144 cm³/mol. The number of hydrogen-bond acceptors (Lipinski definition) is 6. The van der Waals surface area contributed by atoms with E-state index < -0.39 is 6.10 Å². The highest BCUT2D eigenvalue weighted by molar-refractivity contribution is 7.99. The van der Waals surface area contributed by atoms with E-state index in [4.69, 9.17) is 16.3 Å². The van der Waals surface area contributed by atoms with Crippen LogP contribution < -0.4 is 4.74 Å². The molecule has 0 saturated carbocycles. The number of aliphatic hydroxyl groups is 2. The number of thioether (sulfide) groups is 1. The molecule has 2 aromatic carbocycles. The van der Waals surface area contributed by atoms with Crippen molar-refractivity contribution in [3.8, 4) is 5.75 Å². The summed E-state index contributed by atoms with van der Waals surface area (Å²) in [7, 11) is 1.61. The Bertz CT molecular complexity index is 1140. The summed E-state index contributed by atoms with van der Waals surface area (Å²) in [5, 5.41) is 22.7. The number of piperidine rings is 1. The van der Waals surface area contributed by atoms with Crippen molar-refractivity contribution in [1.82, 2.24) is 9.88 Å². The Morgan fingerprint density at radius 3 is 2.64 bits per heavy atom. The normalized spacial score (nSPS) is 16.8. The first kappa shape index (κ1) is 27.1. The smallest absolute Gasteiger partial charge is 0.123 e. The van der Waals surface area contributed by atoms with E-state index in [1.807, 2.05) is 30.3 Å². The van der Waals surface area contributed by atoms with Crippen molar-refractivity contribution in [3.05, 3.63) is 65.1 Å². The van der Waals surface area contributed by atoms with E-state index in [1.165, 1.54) is 12.1 Å². The molecule has 3 aromatic rings. The lowest BCUT2D eigenvalue weighted by Crippen LogP contribution is -2.42. The molecule has 2 N–H and O–H groups in total. The minimum atomic E-state index is -0.750. The lowest BCUT2D eigenvalue weighted by atomic mass is 9.74. The number of halogens is 2. The summed E-state index contributed by atoms with van der Waals surface area (Å²) in [6.45, 7) is 3.01. The van der Waals surface area contributed by atoms with E-state index in [-0.39, 0.29) is 17.8 Å². The van der Waals surface area contributed by atoms with Gasteiger partial charge in [0.2, 0.25) is 0 Å². The number of ether oxygens (including phenoxy) is 1. The zero-order valence-corrected chi connectivity index (χ0v) is 22.2. The Morgan fingerprint density at radius 1 is 1.19 bits per heavy atom. The third kappa shape index (κ3) is 6.69. The summed E-state index contributed by atoms with van der Waals surface area (Å²) in [5.41, 5.74) is 1.25. The quantitative estimate of drug-likeness (QED) is 0.229. The lowest BCUT2D eigenvalue weighted by molar-refractivity contribution is 0.0238. The SMILES string of the molecule is COc1ccc2ncc(Cl)c([C@@H](O)CCC3(CO)CCN(CCCSc4ccc(F)cc4)CC3)c2c1. The molecule has 194 valence electrons. The topological polar surface area (TPSA) is 65.8 Å². The van der Waals surface area contributed by atoms with Gasteiger partial charge in [0, 0.05) is 28.6 Å². The number of aliphatic hydroxyl groups excluding tert-OH is 2. The van der Waals surface area contributed by atoms with Crippen molar-refractivity contribution in [1.29, 1.82) is 0 Å². The van der Waals surface area contributed by atoms with Crippen LogP contribution in [0.15, 0.2) is 53.6 Å². The fourth-order valence-corrected chi connectivity index (χ4v) is 6.08. The van der Waals surface area contributed by atoms with Crippen LogP contribution in [0.25, 0.3) is 10.9 Å². The van der Waals surface area contributed by atoms with E-state index in [2.05, 4.69) is 9.88 Å². The van der Waals surface area contributed by atoms with Crippen molar-refractivity contribution in [3.63, 3.8) is 0 Å². The van der Waals surface area contributed by atoms with Gasteiger partial charge in [0.05, 0.1) is 23.8 Å². The summed E-state index contributed by atoms with van der Waals surface area (Å²) >= 11 is 8.22. The van der Waals surface area contributed by atoms with E-state index in [0.717, 1.165) is 66.9 Å². The van der Waals surface area contributed by atoms with Crippen LogP contribution in [0.3, 0.4) is 0 Å². The minimum absolute atomic E-state index is 0.118. The van der Waals surface area contributed by atoms with E-state index in [0.29, 0.717) is 22.8 Å². The second kappa shape index (κ2) is 12.6. The molecule has 0 unspecified atom stereocenters. The maximum Gasteiger partial charge on any atom is 0.123 e. The number of benzene rings is 2. The van der Waals surface area contributed by atoms with Crippen molar-refractivity contribution < 1.29 is 19.3 Å². The number of pyridine rings is 1. The standard InChI is InChI=1S/C28H34ClFN2O3S/c1-35-21-5-8-25-23(17-21)27(24(29)18-31-25)26(34)9-10-28(19-33)11-14-32(15-12-28)13-2-16-36-22-6-3-20(30)4-7-22/h3-8,17-18,26,33-34H,2,9-16,19H2,1H3/t26-/m0/s1. The number of likely N-dealkylation sites (tertiary alicyclic amines) is 1. The lowest BCUT2D eigenvalue weighted by Gasteiger charge is -2.41. The summed E-state index contributed by atoms with van der Waals surface area (Å²) in [6.07, 6.45) is 4.95. The van der Waals surface area contributed by atoms with Gasteiger partial charge in [-0.25, -0.2) is 4.39 Å². The molecule has 8 heteroatoms. The molecule has 0 spiro atoms. The molecular weight excluding hydrogens is 499 g/mol. The zero-order chi connectivity index (χ0) is 25.5. The highest BCUT2D eigenvalue weighted by atomic mass is 35.5. The number of rotatable bonds is 11. The Morgan fingerprint density at radius 2 is 1.94 bits per heavy atom. The van der Waals surface area contributed by atoms with Crippen LogP contribution in [-0.2, 0) is 0 Å². The molecule has 4 rings (SSSR count). The van der Waals surface area contributed by atoms with E-state index >= 15 is 0 Å². The maximum absolute atomic E-state index is 13.0. The number of nitrogens with zero attached hydrogens (tertiary/aromatic N) is 2. The number of aromatic nitrogens is 1. The Hall–Kier alpha value is -1.90. The molecule has 5 nitrogen and oxygen atoms in total.